The van der Waals surface area contributed by atoms with Crippen molar-refractivity contribution in [1.82, 2.24) is 0 Å². The summed E-state index contributed by atoms with van der Waals surface area (Å²) in [5, 5.41) is 0. The third-order valence-corrected chi connectivity index (χ3v) is 2.21. The van der Waals surface area contributed by atoms with Gasteiger partial charge in [0.2, 0.25) is 0 Å². The van der Waals surface area contributed by atoms with Crippen LogP contribution in [0.3, 0.4) is 0 Å². The van der Waals surface area contributed by atoms with Gasteiger partial charge >= 0.3 is 0 Å². The van der Waals surface area contributed by atoms with Gasteiger partial charge in [-0.25, -0.2) is 0 Å². The smallest absolute Gasteiger partial charge is 0.137 e. The quantitative estimate of drug-likeness (QED) is 0.718. The molecule has 0 saturated heterocycles. The largest absolute Gasteiger partial charge is 0.398 e. The van der Waals surface area contributed by atoms with Crippen LogP contribution in [0.2, 0.25) is 0 Å². The van der Waals surface area contributed by atoms with Crippen molar-refractivity contribution < 1.29 is 4.79 Å². The van der Waals surface area contributed by atoms with E-state index in [0.717, 1.165) is 16.8 Å². The Morgan fingerprint density at radius 1 is 1.46 bits per heavy atom. The molecule has 0 unspecified atom stereocenters. The number of ketones is 1. The maximum atomic E-state index is 11.2. The van der Waals surface area contributed by atoms with E-state index in [-0.39, 0.29) is 5.78 Å². The second kappa shape index (κ2) is 4.08. The Hall–Kier alpha value is -1.31. The Balaban J connectivity index is 2.93. The summed E-state index contributed by atoms with van der Waals surface area (Å²) in [6, 6.07) is 5.73. The van der Waals surface area contributed by atoms with Crippen LogP contribution in [-0.4, -0.2) is 5.78 Å². The second-order valence-electron chi connectivity index (χ2n) is 3.21. The first-order valence-corrected chi connectivity index (χ1v) is 4.50. The number of nitrogens with two attached hydrogens (primary N) is 1. The van der Waals surface area contributed by atoms with Crippen molar-refractivity contribution in [3.8, 4) is 0 Å². The van der Waals surface area contributed by atoms with Crippen LogP contribution >= 0.6 is 0 Å². The van der Waals surface area contributed by atoms with Crippen LogP contribution in [-0.2, 0) is 11.2 Å². The summed E-state index contributed by atoms with van der Waals surface area (Å²) in [4.78, 5) is 11.2. The molecule has 0 aliphatic carbocycles. The summed E-state index contributed by atoms with van der Waals surface area (Å²) in [5.41, 5.74) is 8.58. The lowest BCUT2D eigenvalue weighted by Gasteiger charge is -2.07. The van der Waals surface area contributed by atoms with E-state index in [2.05, 4.69) is 0 Å². The number of carbonyl (C=O) groups excluding carboxylic acids is 1. The summed E-state index contributed by atoms with van der Waals surface area (Å²) in [7, 11) is 0. The van der Waals surface area contributed by atoms with Gasteiger partial charge in [-0.1, -0.05) is 19.1 Å². The van der Waals surface area contributed by atoms with Crippen molar-refractivity contribution in [1.29, 1.82) is 0 Å². The van der Waals surface area contributed by atoms with E-state index in [1.165, 1.54) is 0 Å². The Bertz CT molecular complexity index is 298. The molecule has 2 heteroatoms. The van der Waals surface area contributed by atoms with Crippen LogP contribution in [0.4, 0.5) is 5.69 Å². The second-order valence-corrected chi connectivity index (χ2v) is 3.21. The fourth-order valence-corrected chi connectivity index (χ4v) is 1.29. The normalized spacial score (nSPS) is 10.0. The van der Waals surface area contributed by atoms with Crippen LogP contribution in [0.5, 0.6) is 0 Å². The summed E-state index contributed by atoms with van der Waals surface area (Å²) in [5.74, 6) is 0.237. The van der Waals surface area contributed by atoms with E-state index in [1.54, 1.807) is 0 Å². The van der Waals surface area contributed by atoms with Crippen molar-refractivity contribution in [2.45, 2.75) is 26.7 Å². The van der Waals surface area contributed by atoms with Crippen molar-refractivity contribution in [3.05, 3.63) is 29.3 Å². The summed E-state index contributed by atoms with van der Waals surface area (Å²) < 4.78 is 0. The SMILES string of the molecule is CCC(=O)Cc1c(C)cccc1N. The first kappa shape index (κ1) is 9.78. The molecule has 0 heterocycles. The Kier molecular flexibility index (Phi) is 3.07. The van der Waals surface area contributed by atoms with E-state index in [4.69, 9.17) is 5.73 Å². The van der Waals surface area contributed by atoms with Gasteiger partial charge in [0.15, 0.2) is 0 Å². The zero-order valence-electron chi connectivity index (χ0n) is 8.13. The average Bonchev–Trinajstić information content (AvgIpc) is 2.11. The lowest BCUT2D eigenvalue weighted by atomic mass is 10.0. The van der Waals surface area contributed by atoms with E-state index in [1.807, 2.05) is 32.0 Å². The number of benzene rings is 1. The molecule has 0 atom stereocenters. The lowest BCUT2D eigenvalue weighted by Crippen LogP contribution is -2.05. The maximum Gasteiger partial charge on any atom is 0.137 e. The average molecular weight is 177 g/mol. The fraction of sp³-hybridized carbons (Fsp3) is 0.364. The van der Waals surface area contributed by atoms with Gasteiger partial charge in [0.05, 0.1) is 0 Å². The van der Waals surface area contributed by atoms with Crippen LogP contribution in [0.25, 0.3) is 0 Å². The molecular formula is C11H15NO. The van der Waals surface area contributed by atoms with Gasteiger partial charge in [-0.3, -0.25) is 4.79 Å². The van der Waals surface area contributed by atoms with Crippen LogP contribution < -0.4 is 5.73 Å². The number of Topliss-reactive ketones (excluding diaryl/α,β-unsaturated/α-hetero) is 1. The topological polar surface area (TPSA) is 43.1 Å². The molecule has 2 nitrogen and oxygen atoms in total. The number of hydrogen-bond acceptors (Lipinski definition) is 2. The molecule has 0 aromatic heterocycles. The molecule has 0 aliphatic rings. The molecule has 1 aromatic carbocycles. The molecule has 13 heavy (non-hydrogen) atoms. The van der Waals surface area contributed by atoms with E-state index in [0.29, 0.717) is 12.8 Å². The third kappa shape index (κ3) is 2.31. The Morgan fingerprint density at radius 3 is 2.69 bits per heavy atom. The van der Waals surface area contributed by atoms with Gasteiger partial charge in [-0.05, 0) is 24.1 Å². The molecule has 1 rings (SSSR count). The minimum Gasteiger partial charge on any atom is -0.398 e. The van der Waals surface area contributed by atoms with Gasteiger partial charge in [0, 0.05) is 18.5 Å². The Labute approximate surface area is 78.8 Å². The van der Waals surface area contributed by atoms with Crippen molar-refractivity contribution in [2.24, 2.45) is 0 Å². The molecule has 0 radical (unpaired) electrons. The maximum absolute atomic E-state index is 11.2. The predicted molar refractivity (Wildman–Crippen MR) is 54.6 cm³/mol. The third-order valence-electron chi connectivity index (χ3n) is 2.21. The van der Waals surface area contributed by atoms with E-state index >= 15 is 0 Å². The highest BCUT2D eigenvalue weighted by Gasteiger charge is 2.06. The van der Waals surface area contributed by atoms with Crippen molar-refractivity contribution >= 4 is 11.5 Å². The van der Waals surface area contributed by atoms with Gasteiger partial charge in [-0.2, -0.15) is 0 Å². The number of nitrogen functional groups attached to an aromatic ring is 1. The van der Waals surface area contributed by atoms with Crippen LogP contribution in [0, 0.1) is 6.92 Å². The molecule has 0 fully saturated rings. The first-order chi connectivity index (χ1) is 6.15. The minimum atomic E-state index is 0.237. The predicted octanol–water partition coefficient (Wildman–Crippen LogP) is 2.10. The molecule has 0 spiro atoms. The highest BCUT2D eigenvalue weighted by atomic mass is 16.1. The highest BCUT2D eigenvalue weighted by molar-refractivity contribution is 5.82. The summed E-state index contributed by atoms with van der Waals surface area (Å²) >= 11 is 0. The first-order valence-electron chi connectivity index (χ1n) is 4.50. The van der Waals surface area contributed by atoms with E-state index in [9.17, 15) is 4.79 Å². The van der Waals surface area contributed by atoms with Crippen LogP contribution in [0.15, 0.2) is 18.2 Å². The molecule has 0 aliphatic heterocycles. The number of hydrogen-bond donors (Lipinski definition) is 1. The van der Waals surface area contributed by atoms with E-state index < -0.39 is 0 Å². The van der Waals surface area contributed by atoms with Gasteiger partial charge in [0.25, 0.3) is 0 Å². The fourth-order valence-electron chi connectivity index (χ4n) is 1.29. The van der Waals surface area contributed by atoms with Crippen molar-refractivity contribution in [2.75, 3.05) is 5.73 Å². The minimum absolute atomic E-state index is 0.237. The monoisotopic (exact) mass is 177 g/mol. The molecule has 0 saturated carbocycles. The molecule has 0 amide bonds. The number of anilines is 1. The van der Waals surface area contributed by atoms with Gasteiger partial charge in [-0.15, -0.1) is 0 Å². The molecular weight excluding hydrogens is 162 g/mol. The molecule has 70 valence electrons. The zero-order valence-corrected chi connectivity index (χ0v) is 8.13. The molecule has 2 N–H and O–H groups in total. The molecule has 1 aromatic rings. The number of aryl methyl sites for hydroxylation is 1. The summed E-state index contributed by atoms with van der Waals surface area (Å²) in [6.45, 7) is 3.85. The Morgan fingerprint density at radius 2 is 2.15 bits per heavy atom. The van der Waals surface area contributed by atoms with Gasteiger partial charge < -0.3 is 5.73 Å². The lowest BCUT2D eigenvalue weighted by molar-refractivity contribution is -0.118. The summed E-state index contributed by atoms with van der Waals surface area (Å²) in [6.07, 6.45) is 1.04. The number of carbonyl (C=O) groups is 1. The molecule has 0 bridgehead atoms. The van der Waals surface area contributed by atoms with Gasteiger partial charge in [0.1, 0.15) is 5.78 Å². The zero-order chi connectivity index (χ0) is 9.84. The number of rotatable bonds is 3. The highest BCUT2D eigenvalue weighted by Crippen LogP contribution is 2.17. The van der Waals surface area contributed by atoms with Crippen molar-refractivity contribution in [3.63, 3.8) is 0 Å². The standard InChI is InChI=1S/C11H15NO/c1-3-9(13)7-10-8(2)5-4-6-11(10)12/h4-6H,3,7,12H2,1-2H3. The van der Waals surface area contributed by atoms with Crippen LogP contribution in [0.1, 0.15) is 24.5 Å².